The van der Waals surface area contributed by atoms with Crippen molar-refractivity contribution in [1.82, 2.24) is 26.2 Å². The van der Waals surface area contributed by atoms with Crippen molar-refractivity contribution < 1.29 is 53.7 Å². The van der Waals surface area contributed by atoms with Crippen LogP contribution in [-0.2, 0) is 38.4 Å². The van der Waals surface area contributed by atoms with E-state index in [1.807, 2.05) is 0 Å². The molecule has 0 aromatic heterocycles. The number of aliphatic hydroxyl groups is 1. The van der Waals surface area contributed by atoms with Gasteiger partial charge in [0.05, 0.1) is 19.1 Å². The van der Waals surface area contributed by atoms with Crippen molar-refractivity contribution in [1.29, 1.82) is 0 Å². The largest absolute Gasteiger partial charge is 0.481 e. The first-order chi connectivity index (χ1) is 19.1. The number of hydrogen-bond donors (Lipinski definition) is 9. The van der Waals surface area contributed by atoms with Crippen LogP contribution >= 0.6 is 0 Å². The normalized spacial score (nSPS) is 18.1. The summed E-state index contributed by atoms with van der Waals surface area (Å²) in [5.74, 6) is -7.82. The zero-order chi connectivity index (χ0) is 31.4. The number of nitrogens with zero attached hydrogens (tertiary/aromatic N) is 1. The molecular formula is C23H37N7O11. The molecule has 18 nitrogen and oxygen atoms in total. The Morgan fingerprint density at radius 3 is 2.00 bits per heavy atom. The molecule has 1 aliphatic heterocycles. The maximum absolute atomic E-state index is 13.0. The van der Waals surface area contributed by atoms with Crippen LogP contribution < -0.4 is 32.7 Å². The van der Waals surface area contributed by atoms with Crippen molar-refractivity contribution in [3.8, 4) is 0 Å². The second-order valence-electron chi connectivity index (χ2n) is 9.49. The molecule has 6 amide bonds. The number of nitrogens with two attached hydrogens (primary N) is 2. The number of nitrogens with one attached hydrogen (secondary N) is 4. The molecule has 11 N–H and O–H groups in total. The van der Waals surface area contributed by atoms with Crippen molar-refractivity contribution in [3.05, 3.63) is 0 Å². The molecule has 41 heavy (non-hydrogen) atoms. The minimum Gasteiger partial charge on any atom is -0.481 e. The lowest BCUT2D eigenvalue weighted by Gasteiger charge is -2.29. The molecule has 0 aliphatic carbocycles. The fourth-order valence-corrected chi connectivity index (χ4v) is 3.84. The van der Waals surface area contributed by atoms with E-state index in [2.05, 4.69) is 21.3 Å². The second kappa shape index (κ2) is 16.1. The van der Waals surface area contributed by atoms with Gasteiger partial charge in [0.1, 0.15) is 30.2 Å². The molecule has 1 aliphatic rings. The van der Waals surface area contributed by atoms with Gasteiger partial charge in [0, 0.05) is 13.0 Å². The fraction of sp³-hybridized carbons (Fsp3) is 0.652. The fourth-order valence-electron chi connectivity index (χ4n) is 3.84. The second-order valence-corrected chi connectivity index (χ2v) is 9.49. The molecule has 0 aromatic rings. The lowest BCUT2D eigenvalue weighted by Crippen LogP contribution is -2.59. The highest BCUT2D eigenvalue weighted by molar-refractivity contribution is 5.97. The Labute approximate surface area is 234 Å². The van der Waals surface area contributed by atoms with E-state index in [1.165, 1.54) is 13.8 Å². The van der Waals surface area contributed by atoms with Crippen LogP contribution in [0.15, 0.2) is 0 Å². The van der Waals surface area contributed by atoms with Crippen LogP contribution in [0.4, 0.5) is 0 Å². The third kappa shape index (κ3) is 11.0. The Morgan fingerprint density at radius 2 is 1.46 bits per heavy atom. The zero-order valence-corrected chi connectivity index (χ0v) is 22.6. The highest BCUT2D eigenvalue weighted by atomic mass is 16.4. The first kappa shape index (κ1) is 34.7. The number of amides is 6. The van der Waals surface area contributed by atoms with Crippen LogP contribution in [0.1, 0.15) is 46.0 Å². The van der Waals surface area contributed by atoms with Gasteiger partial charge in [-0.15, -0.1) is 0 Å². The van der Waals surface area contributed by atoms with Crippen LogP contribution in [0.3, 0.4) is 0 Å². The number of aliphatic carboxylic acids is 2. The van der Waals surface area contributed by atoms with Crippen molar-refractivity contribution >= 4 is 47.4 Å². The number of hydrogen-bond acceptors (Lipinski definition) is 10. The first-order valence-corrected chi connectivity index (χ1v) is 12.7. The Balaban J connectivity index is 2.87. The lowest BCUT2D eigenvalue weighted by molar-refractivity contribution is -0.143. The van der Waals surface area contributed by atoms with Gasteiger partial charge in [-0.25, -0.2) is 0 Å². The van der Waals surface area contributed by atoms with Crippen molar-refractivity contribution in [3.63, 3.8) is 0 Å². The summed E-state index contributed by atoms with van der Waals surface area (Å²) in [7, 11) is 0. The third-order valence-electron chi connectivity index (χ3n) is 6.18. The van der Waals surface area contributed by atoms with Crippen molar-refractivity contribution in [2.24, 2.45) is 11.5 Å². The van der Waals surface area contributed by atoms with Gasteiger partial charge in [-0.1, -0.05) is 0 Å². The number of carboxylic acids is 2. The first-order valence-electron chi connectivity index (χ1n) is 12.7. The molecule has 0 spiro atoms. The van der Waals surface area contributed by atoms with E-state index >= 15 is 0 Å². The number of aliphatic hydroxyl groups excluding tert-OH is 1. The SMILES string of the molecule is C[C@H](NC(=O)[C@@H]1CCCN1C(=O)[C@H](CO)NC(=O)[C@H](C)NC(=O)[C@H](CCC(=O)O)NC(=O)[C@@H](N)CC(=O)O)C(N)=O. The molecule has 0 radical (unpaired) electrons. The van der Waals surface area contributed by atoms with Gasteiger partial charge in [-0.2, -0.15) is 0 Å². The van der Waals surface area contributed by atoms with Gasteiger partial charge < -0.3 is 53.0 Å². The maximum atomic E-state index is 13.0. The molecule has 0 saturated carbocycles. The molecule has 0 unspecified atom stereocenters. The van der Waals surface area contributed by atoms with Gasteiger partial charge >= 0.3 is 11.9 Å². The van der Waals surface area contributed by atoms with Crippen molar-refractivity contribution in [2.75, 3.05) is 13.2 Å². The Hall–Kier alpha value is -4.32. The number of likely N-dealkylation sites (tertiary alicyclic amines) is 1. The summed E-state index contributed by atoms with van der Waals surface area (Å²) < 4.78 is 0. The van der Waals surface area contributed by atoms with E-state index in [-0.39, 0.29) is 13.0 Å². The molecule has 6 atom stereocenters. The Kier molecular flexibility index (Phi) is 13.6. The average molecular weight is 588 g/mol. The predicted molar refractivity (Wildman–Crippen MR) is 137 cm³/mol. The average Bonchev–Trinajstić information content (AvgIpc) is 3.38. The number of primary amides is 1. The molecule has 0 bridgehead atoms. The summed E-state index contributed by atoms with van der Waals surface area (Å²) in [5, 5.41) is 36.6. The molecule has 1 fully saturated rings. The monoisotopic (exact) mass is 587 g/mol. The van der Waals surface area contributed by atoms with E-state index < -0.39 is 110 Å². The number of carboxylic acid groups (broad SMARTS) is 2. The van der Waals surface area contributed by atoms with E-state index in [4.69, 9.17) is 21.7 Å². The Morgan fingerprint density at radius 1 is 0.854 bits per heavy atom. The van der Waals surface area contributed by atoms with Gasteiger partial charge in [0.25, 0.3) is 0 Å². The number of rotatable bonds is 16. The van der Waals surface area contributed by atoms with E-state index in [1.54, 1.807) is 0 Å². The number of carbonyl (C=O) groups is 8. The zero-order valence-electron chi connectivity index (χ0n) is 22.6. The van der Waals surface area contributed by atoms with Crippen LogP contribution in [0.25, 0.3) is 0 Å². The third-order valence-corrected chi connectivity index (χ3v) is 6.18. The quantitative estimate of drug-likeness (QED) is 0.0821. The minimum absolute atomic E-state index is 0.134. The summed E-state index contributed by atoms with van der Waals surface area (Å²) in [6.45, 7) is 1.87. The smallest absolute Gasteiger partial charge is 0.305 e. The Bertz CT molecular complexity index is 1040. The van der Waals surface area contributed by atoms with E-state index in [0.29, 0.717) is 6.42 Å². The van der Waals surface area contributed by atoms with Gasteiger partial charge in [-0.3, -0.25) is 38.4 Å². The lowest BCUT2D eigenvalue weighted by atomic mass is 10.1. The molecule has 230 valence electrons. The predicted octanol–water partition coefficient (Wildman–Crippen LogP) is -4.90. The summed E-state index contributed by atoms with van der Waals surface area (Å²) in [6, 6.07) is -7.83. The van der Waals surface area contributed by atoms with Crippen LogP contribution in [0.5, 0.6) is 0 Å². The van der Waals surface area contributed by atoms with E-state index in [9.17, 15) is 43.5 Å². The van der Waals surface area contributed by atoms with Gasteiger partial charge in [-0.05, 0) is 33.1 Å². The summed E-state index contributed by atoms with van der Waals surface area (Å²) >= 11 is 0. The molecule has 1 rings (SSSR count). The maximum Gasteiger partial charge on any atom is 0.305 e. The highest BCUT2D eigenvalue weighted by Gasteiger charge is 2.38. The minimum atomic E-state index is -1.53. The van der Waals surface area contributed by atoms with Gasteiger partial charge in [0.15, 0.2) is 0 Å². The molecule has 1 heterocycles. The number of carbonyl (C=O) groups excluding carboxylic acids is 6. The van der Waals surface area contributed by atoms with E-state index in [0.717, 1.165) is 4.90 Å². The molecule has 1 saturated heterocycles. The van der Waals surface area contributed by atoms with Crippen molar-refractivity contribution in [2.45, 2.75) is 82.2 Å². The van der Waals surface area contributed by atoms with Crippen LogP contribution in [0.2, 0.25) is 0 Å². The highest BCUT2D eigenvalue weighted by Crippen LogP contribution is 2.19. The van der Waals surface area contributed by atoms with Crippen LogP contribution in [0, 0.1) is 0 Å². The summed E-state index contributed by atoms with van der Waals surface area (Å²) in [5.41, 5.74) is 10.6. The summed E-state index contributed by atoms with van der Waals surface area (Å²) in [4.78, 5) is 97.4. The van der Waals surface area contributed by atoms with Crippen LogP contribution in [-0.4, -0.2) is 117 Å². The molecule has 0 aromatic carbocycles. The standard InChI is InChI=1S/C23H37N7O11/c1-10(18(25)36)26-22(40)15-4-3-7-30(15)23(41)14(9-31)29-19(37)11(2)27-21(39)13(5-6-16(32)33)28-20(38)12(24)8-17(34)35/h10-15,31H,3-9,24H2,1-2H3,(H2,25,36)(H,26,40)(H,27,39)(H,28,38)(H,29,37)(H,32,33)(H,34,35)/t10-,11-,12-,13-,14-,15-/m0/s1. The molecular weight excluding hydrogens is 550 g/mol. The van der Waals surface area contributed by atoms with Gasteiger partial charge in [0.2, 0.25) is 35.4 Å². The summed E-state index contributed by atoms with van der Waals surface area (Å²) in [6.07, 6.45) is -1.02. The topological polar surface area (TPSA) is 301 Å². The molecule has 18 heteroatoms.